The first-order valence-corrected chi connectivity index (χ1v) is 14.4. The second-order valence-electron chi connectivity index (χ2n) is 10.2. The highest BCUT2D eigenvalue weighted by molar-refractivity contribution is 5.81. The molecule has 5 aromatic rings. The third-order valence-corrected chi connectivity index (χ3v) is 7.29. The monoisotopic (exact) mass is 510 g/mol. The van der Waals surface area contributed by atoms with Crippen LogP contribution in [0.1, 0.15) is 51.0 Å². The minimum absolute atomic E-state index is 0.978. The molecule has 0 fully saturated rings. The van der Waals surface area contributed by atoms with E-state index in [0.29, 0.717) is 0 Å². The molecule has 0 aliphatic carbocycles. The number of pyridine rings is 1. The Balaban J connectivity index is 1.46. The lowest BCUT2D eigenvalue weighted by Crippen LogP contribution is -2.10. The Labute approximate surface area is 234 Å². The maximum atomic E-state index is 4.59. The first kappa shape index (κ1) is 26.4. The van der Waals surface area contributed by atoms with Crippen LogP contribution < -0.4 is 4.90 Å². The first-order chi connectivity index (χ1) is 19.3. The number of aryl methyl sites for hydroxylation is 1. The van der Waals surface area contributed by atoms with Gasteiger partial charge in [0.15, 0.2) is 0 Å². The quantitative estimate of drug-likeness (QED) is 0.155. The van der Waals surface area contributed by atoms with Gasteiger partial charge in [0.05, 0.1) is 5.69 Å². The van der Waals surface area contributed by atoms with E-state index in [1.54, 1.807) is 0 Å². The largest absolute Gasteiger partial charge is 0.310 e. The molecule has 0 N–H and O–H groups in total. The summed E-state index contributed by atoms with van der Waals surface area (Å²) in [6, 6.07) is 43.3. The molecule has 0 atom stereocenters. The Morgan fingerprint density at radius 2 is 1.15 bits per heavy atom. The summed E-state index contributed by atoms with van der Waals surface area (Å²) in [6.45, 7) is 2.28. The van der Waals surface area contributed by atoms with Crippen LogP contribution in [-0.2, 0) is 6.42 Å². The lowest BCUT2D eigenvalue weighted by Gasteiger charge is -2.26. The number of hydrogen-bond acceptors (Lipinski definition) is 2. The zero-order chi connectivity index (χ0) is 26.7. The summed E-state index contributed by atoms with van der Waals surface area (Å²) >= 11 is 0. The van der Waals surface area contributed by atoms with Crippen molar-refractivity contribution in [3.8, 4) is 22.4 Å². The lowest BCUT2D eigenvalue weighted by molar-refractivity contribution is 0.607. The van der Waals surface area contributed by atoms with Crippen LogP contribution in [0.4, 0.5) is 17.1 Å². The van der Waals surface area contributed by atoms with Gasteiger partial charge in [-0.05, 0) is 78.1 Å². The van der Waals surface area contributed by atoms with E-state index in [2.05, 4.69) is 126 Å². The molecule has 0 spiro atoms. The summed E-state index contributed by atoms with van der Waals surface area (Å²) in [7, 11) is 0. The number of nitrogens with zero attached hydrogens (tertiary/aromatic N) is 2. The fourth-order valence-electron chi connectivity index (χ4n) is 5.16. The van der Waals surface area contributed by atoms with Crippen molar-refractivity contribution in [1.82, 2.24) is 4.98 Å². The third-order valence-electron chi connectivity index (χ3n) is 7.29. The van der Waals surface area contributed by atoms with Crippen LogP contribution in [0, 0.1) is 0 Å². The second-order valence-corrected chi connectivity index (χ2v) is 10.2. The Hall–Kier alpha value is -4.17. The van der Waals surface area contributed by atoms with Gasteiger partial charge in [0.25, 0.3) is 0 Å². The molecule has 1 aromatic heterocycles. The maximum Gasteiger partial charge on any atom is 0.0702 e. The number of aromatic nitrogens is 1. The van der Waals surface area contributed by atoms with Gasteiger partial charge in [0.1, 0.15) is 0 Å². The average Bonchev–Trinajstić information content (AvgIpc) is 3.01. The van der Waals surface area contributed by atoms with Crippen molar-refractivity contribution < 1.29 is 0 Å². The molecule has 0 aliphatic heterocycles. The van der Waals surface area contributed by atoms with Gasteiger partial charge in [0.2, 0.25) is 0 Å². The van der Waals surface area contributed by atoms with Crippen LogP contribution in [0.15, 0.2) is 128 Å². The fourth-order valence-corrected chi connectivity index (χ4v) is 5.16. The van der Waals surface area contributed by atoms with Gasteiger partial charge in [-0.1, -0.05) is 112 Å². The van der Waals surface area contributed by atoms with E-state index in [9.17, 15) is 0 Å². The summed E-state index contributed by atoms with van der Waals surface area (Å²) in [5, 5.41) is 0. The van der Waals surface area contributed by atoms with Crippen LogP contribution in [0.2, 0.25) is 0 Å². The molecule has 0 aliphatic rings. The molecule has 0 unspecified atom stereocenters. The van der Waals surface area contributed by atoms with Crippen molar-refractivity contribution in [2.45, 2.75) is 51.9 Å². The van der Waals surface area contributed by atoms with E-state index in [0.717, 1.165) is 34.7 Å². The van der Waals surface area contributed by atoms with Gasteiger partial charge in [-0.25, -0.2) is 0 Å². The molecule has 0 amide bonds. The summed E-state index contributed by atoms with van der Waals surface area (Å²) < 4.78 is 0. The molecule has 2 nitrogen and oxygen atoms in total. The molecule has 0 radical (unpaired) electrons. The maximum absolute atomic E-state index is 4.59. The van der Waals surface area contributed by atoms with Crippen molar-refractivity contribution in [3.05, 3.63) is 133 Å². The van der Waals surface area contributed by atoms with Gasteiger partial charge in [-0.3, -0.25) is 4.98 Å². The van der Waals surface area contributed by atoms with Crippen LogP contribution >= 0.6 is 0 Å². The van der Waals surface area contributed by atoms with Crippen LogP contribution in [0.25, 0.3) is 22.4 Å². The van der Waals surface area contributed by atoms with Crippen molar-refractivity contribution >= 4 is 17.1 Å². The predicted molar refractivity (Wildman–Crippen MR) is 167 cm³/mol. The molecule has 4 aromatic carbocycles. The molecule has 39 heavy (non-hydrogen) atoms. The Morgan fingerprint density at radius 3 is 1.87 bits per heavy atom. The molecule has 0 saturated heterocycles. The molecule has 5 rings (SSSR count). The number of anilines is 3. The van der Waals surface area contributed by atoms with Crippen LogP contribution in [0.5, 0.6) is 0 Å². The van der Waals surface area contributed by atoms with Crippen molar-refractivity contribution in [1.29, 1.82) is 0 Å². The second kappa shape index (κ2) is 13.6. The van der Waals surface area contributed by atoms with Crippen LogP contribution in [0.3, 0.4) is 0 Å². The minimum atomic E-state index is 0.978. The topological polar surface area (TPSA) is 16.1 Å². The zero-order valence-electron chi connectivity index (χ0n) is 23.0. The average molecular weight is 511 g/mol. The smallest absolute Gasteiger partial charge is 0.0702 e. The van der Waals surface area contributed by atoms with Crippen molar-refractivity contribution in [2.75, 3.05) is 4.90 Å². The predicted octanol–water partition coefficient (Wildman–Crippen LogP) is 10.8. The SMILES string of the molecule is CCCCCCCCc1ccc(N(c2cccc(-c3ccccc3)c2)c2cccc(-c3ccccn3)c2)cc1. The number of unbranched alkanes of at least 4 members (excludes halogenated alkanes) is 5. The number of hydrogen-bond donors (Lipinski definition) is 0. The summed E-state index contributed by atoms with van der Waals surface area (Å²) in [5.41, 5.74) is 9.34. The van der Waals surface area contributed by atoms with E-state index >= 15 is 0 Å². The summed E-state index contributed by atoms with van der Waals surface area (Å²) in [4.78, 5) is 6.95. The van der Waals surface area contributed by atoms with E-state index in [-0.39, 0.29) is 0 Å². The van der Waals surface area contributed by atoms with Crippen molar-refractivity contribution in [2.24, 2.45) is 0 Å². The normalized spacial score (nSPS) is 10.9. The van der Waals surface area contributed by atoms with Gasteiger partial charge in [-0.2, -0.15) is 0 Å². The third kappa shape index (κ3) is 7.03. The highest BCUT2D eigenvalue weighted by atomic mass is 15.1. The molecule has 0 bridgehead atoms. The molecule has 1 heterocycles. The highest BCUT2D eigenvalue weighted by Gasteiger charge is 2.15. The van der Waals surface area contributed by atoms with E-state index in [1.165, 1.54) is 55.2 Å². The summed E-state index contributed by atoms with van der Waals surface area (Å²) in [6.07, 6.45) is 11.0. The van der Waals surface area contributed by atoms with E-state index < -0.39 is 0 Å². The Morgan fingerprint density at radius 1 is 0.513 bits per heavy atom. The molecular weight excluding hydrogens is 472 g/mol. The van der Waals surface area contributed by atoms with E-state index in [1.807, 2.05) is 18.3 Å². The molecule has 196 valence electrons. The van der Waals surface area contributed by atoms with Gasteiger partial charge in [0, 0.05) is 28.8 Å². The summed E-state index contributed by atoms with van der Waals surface area (Å²) in [5.74, 6) is 0. The van der Waals surface area contributed by atoms with E-state index in [4.69, 9.17) is 0 Å². The number of rotatable bonds is 12. The minimum Gasteiger partial charge on any atom is -0.310 e. The fraction of sp³-hybridized carbons (Fsp3) is 0.216. The molecule has 2 heteroatoms. The van der Waals surface area contributed by atoms with Crippen molar-refractivity contribution in [3.63, 3.8) is 0 Å². The number of benzene rings is 4. The first-order valence-electron chi connectivity index (χ1n) is 14.4. The Kier molecular flexibility index (Phi) is 9.20. The Bertz CT molecular complexity index is 1340. The molecular formula is C37H38N2. The zero-order valence-corrected chi connectivity index (χ0v) is 23.0. The lowest BCUT2D eigenvalue weighted by atomic mass is 10.0. The van der Waals surface area contributed by atoms with Gasteiger partial charge in [-0.15, -0.1) is 0 Å². The van der Waals surface area contributed by atoms with Gasteiger partial charge >= 0.3 is 0 Å². The molecule has 0 saturated carbocycles. The van der Waals surface area contributed by atoms with Gasteiger partial charge < -0.3 is 4.90 Å². The standard InChI is InChI=1S/C37H38N2/c1-2-3-4-5-6-8-15-30-23-25-34(26-24-30)39(35-20-13-18-32(28-35)31-16-9-7-10-17-31)36-21-14-19-33(29-36)37-22-11-12-27-38-37/h7,9-14,16-29H,2-6,8,15H2,1H3. The highest BCUT2D eigenvalue weighted by Crippen LogP contribution is 2.38. The van der Waals surface area contributed by atoms with Crippen LogP contribution in [-0.4, -0.2) is 4.98 Å².